The lowest BCUT2D eigenvalue weighted by Crippen LogP contribution is -2.32. The van der Waals surface area contributed by atoms with E-state index in [9.17, 15) is 4.79 Å². The third-order valence-electron chi connectivity index (χ3n) is 3.24. The highest BCUT2D eigenvalue weighted by Crippen LogP contribution is 2.27. The van der Waals surface area contributed by atoms with Gasteiger partial charge in [0.05, 0.1) is 6.61 Å². The van der Waals surface area contributed by atoms with Gasteiger partial charge in [0.1, 0.15) is 11.8 Å². The minimum Gasteiger partial charge on any atom is -0.494 e. The molecule has 112 valence electrons. The molecule has 0 aromatic heterocycles. The van der Waals surface area contributed by atoms with Gasteiger partial charge in [-0.1, -0.05) is 6.07 Å². The van der Waals surface area contributed by atoms with Crippen LogP contribution in [0.4, 0.5) is 5.69 Å². The Balaban J connectivity index is 3.03. The molecule has 0 amide bonds. The van der Waals surface area contributed by atoms with Gasteiger partial charge in [-0.2, -0.15) is 0 Å². The highest BCUT2D eigenvalue weighted by Gasteiger charge is 2.16. The largest absolute Gasteiger partial charge is 0.494 e. The molecule has 1 aromatic rings. The second-order valence-electron chi connectivity index (χ2n) is 4.55. The number of rotatable bonds is 8. The van der Waals surface area contributed by atoms with Crippen molar-refractivity contribution in [1.29, 1.82) is 0 Å². The average molecular weight is 280 g/mol. The van der Waals surface area contributed by atoms with Gasteiger partial charge in [-0.05, 0) is 32.4 Å². The molecule has 0 aliphatic heterocycles. The Labute approximate surface area is 120 Å². The van der Waals surface area contributed by atoms with Crippen molar-refractivity contribution in [2.75, 3.05) is 24.6 Å². The SMILES string of the molecule is CCOc1cc(N(CC)CC)ccc1CC(N)C(=O)O. The molecule has 1 aromatic carbocycles. The number of nitrogens with two attached hydrogens (primary N) is 1. The van der Waals surface area contributed by atoms with E-state index in [4.69, 9.17) is 15.6 Å². The molecule has 0 saturated heterocycles. The Morgan fingerprint density at radius 2 is 2.00 bits per heavy atom. The lowest BCUT2D eigenvalue weighted by atomic mass is 10.0. The van der Waals surface area contributed by atoms with Gasteiger partial charge in [-0.15, -0.1) is 0 Å². The number of carboxylic acid groups (broad SMARTS) is 1. The van der Waals surface area contributed by atoms with Crippen LogP contribution in [0.25, 0.3) is 0 Å². The van der Waals surface area contributed by atoms with Crippen LogP contribution in [0, 0.1) is 0 Å². The zero-order valence-corrected chi connectivity index (χ0v) is 12.4. The molecule has 20 heavy (non-hydrogen) atoms. The summed E-state index contributed by atoms with van der Waals surface area (Å²) < 4.78 is 5.62. The Morgan fingerprint density at radius 3 is 2.50 bits per heavy atom. The summed E-state index contributed by atoms with van der Waals surface area (Å²) in [6.07, 6.45) is 0.267. The smallest absolute Gasteiger partial charge is 0.320 e. The minimum atomic E-state index is -1.000. The topological polar surface area (TPSA) is 75.8 Å². The van der Waals surface area contributed by atoms with Crippen LogP contribution in [-0.2, 0) is 11.2 Å². The lowest BCUT2D eigenvalue weighted by Gasteiger charge is -2.23. The molecule has 0 bridgehead atoms. The molecular formula is C15H24N2O3. The second-order valence-corrected chi connectivity index (χ2v) is 4.55. The zero-order chi connectivity index (χ0) is 15.1. The number of carboxylic acids is 1. The van der Waals surface area contributed by atoms with E-state index in [2.05, 4.69) is 18.7 Å². The summed E-state index contributed by atoms with van der Waals surface area (Å²) >= 11 is 0. The summed E-state index contributed by atoms with van der Waals surface area (Å²) in [4.78, 5) is 13.1. The van der Waals surface area contributed by atoms with Gasteiger partial charge in [0.2, 0.25) is 0 Å². The van der Waals surface area contributed by atoms with E-state index in [-0.39, 0.29) is 6.42 Å². The first-order valence-corrected chi connectivity index (χ1v) is 7.02. The maximum Gasteiger partial charge on any atom is 0.320 e. The predicted octanol–water partition coefficient (Wildman–Crippen LogP) is 1.89. The fraction of sp³-hybridized carbons (Fsp3) is 0.533. The molecule has 1 unspecified atom stereocenters. The Kier molecular flexibility index (Phi) is 6.31. The van der Waals surface area contributed by atoms with Crippen molar-refractivity contribution in [1.82, 2.24) is 0 Å². The van der Waals surface area contributed by atoms with Crippen LogP contribution in [-0.4, -0.2) is 36.8 Å². The molecule has 0 spiro atoms. The maximum atomic E-state index is 10.9. The van der Waals surface area contributed by atoms with Crippen molar-refractivity contribution >= 4 is 11.7 Å². The van der Waals surface area contributed by atoms with Crippen molar-refractivity contribution < 1.29 is 14.6 Å². The number of ether oxygens (including phenoxy) is 1. The summed E-state index contributed by atoms with van der Waals surface area (Å²) in [5, 5.41) is 8.91. The lowest BCUT2D eigenvalue weighted by molar-refractivity contribution is -0.138. The number of anilines is 1. The molecular weight excluding hydrogens is 256 g/mol. The van der Waals surface area contributed by atoms with E-state index in [1.54, 1.807) is 0 Å². The quantitative estimate of drug-likeness (QED) is 0.760. The first-order valence-electron chi connectivity index (χ1n) is 7.02. The minimum absolute atomic E-state index is 0.267. The van der Waals surface area contributed by atoms with Crippen molar-refractivity contribution in [3.8, 4) is 5.75 Å². The monoisotopic (exact) mass is 280 g/mol. The van der Waals surface area contributed by atoms with Crippen LogP contribution in [0.15, 0.2) is 18.2 Å². The van der Waals surface area contributed by atoms with E-state index in [1.807, 2.05) is 25.1 Å². The fourth-order valence-corrected chi connectivity index (χ4v) is 2.11. The zero-order valence-electron chi connectivity index (χ0n) is 12.4. The van der Waals surface area contributed by atoms with Crippen molar-refractivity contribution in [3.05, 3.63) is 23.8 Å². The molecule has 5 nitrogen and oxygen atoms in total. The summed E-state index contributed by atoms with van der Waals surface area (Å²) in [6.45, 7) is 8.46. The van der Waals surface area contributed by atoms with Crippen LogP contribution in [0.5, 0.6) is 5.75 Å². The maximum absolute atomic E-state index is 10.9. The predicted molar refractivity (Wildman–Crippen MR) is 80.5 cm³/mol. The van der Waals surface area contributed by atoms with Gasteiger partial charge >= 0.3 is 5.97 Å². The summed E-state index contributed by atoms with van der Waals surface area (Å²) in [7, 11) is 0. The first-order chi connectivity index (χ1) is 9.53. The van der Waals surface area contributed by atoms with Crippen LogP contribution < -0.4 is 15.4 Å². The van der Waals surface area contributed by atoms with Gasteiger partial charge in [0.15, 0.2) is 0 Å². The number of hydrogen-bond acceptors (Lipinski definition) is 4. The Morgan fingerprint density at radius 1 is 1.35 bits per heavy atom. The Hall–Kier alpha value is -1.75. The summed E-state index contributed by atoms with van der Waals surface area (Å²) in [5.74, 6) is -0.283. The average Bonchev–Trinajstić information content (AvgIpc) is 2.42. The fourth-order valence-electron chi connectivity index (χ4n) is 2.11. The molecule has 0 heterocycles. The highest BCUT2D eigenvalue weighted by atomic mass is 16.5. The molecule has 0 aliphatic rings. The number of benzene rings is 1. The molecule has 5 heteroatoms. The summed E-state index contributed by atoms with van der Waals surface area (Å²) in [6, 6.07) is 4.94. The van der Waals surface area contributed by atoms with Gasteiger partial charge in [0, 0.05) is 31.3 Å². The highest BCUT2D eigenvalue weighted by molar-refractivity contribution is 5.73. The molecule has 0 saturated carbocycles. The van der Waals surface area contributed by atoms with Crippen molar-refractivity contribution in [2.45, 2.75) is 33.2 Å². The van der Waals surface area contributed by atoms with Gasteiger partial charge < -0.3 is 20.5 Å². The third kappa shape index (κ3) is 4.13. The van der Waals surface area contributed by atoms with E-state index in [0.717, 1.165) is 24.3 Å². The van der Waals surface area contributed by atoms with Gasteiger partial charge in [0.25, 0.3) is 0 Å². The number of hydrogen-bond donors (Lipinski definition) is 2. The van der Waals surface area contributed by atoms with Crippen LogP contribution in [0.1, 0.15) is 26.3 Å². The van der Waals surface area contributed by atoms with E-state index in [1.165, 1.54) is 0 Å². The van der Waals surface area contributed by atoms with E-state index >= 15 is 0 Å². The standard InChI is InChI=1S/C15H24N2O3/c1-4-17(5-2)12-8-7-11(9-13(16)15(18)19)14(10-12)20-6-3/h7-8,10,13H,4-6,9,16H2,1-3H3,(H,18,19). The Bertz CT molecular complexity index is 445. The van der Waals surface area contributed by atoms with Gasteiger partial charge in [-0.25, -0.2) is 0 Å². The molecule has 1 atom stereocenters. The van der Waals surface area contributed by atoms with Crippen molar-refractivity contribution in [2.24, 2.45) is 5.73 Å². The molecule has 1 rings (SSSR count). The van der Waals surface area contributed by atoms with E-state index in [0.29, 0.717) is 12.4 Å². The molecule has 0 fully saturated rings. The number of carbonyl (C=O) groups is 1. The molecule has 0 radical (unpaired) electrons. The molecule has 0 aliphatic carbocycles. The van der Waals surface area contributed by atoms with Crippen LogP contribution >= 0.6 is 0 Å². The normalized spacial score (nSPS) is 12.0. The van der Waals surface area contributed by atoms with E-state index < -0.39 is 12.0 Å². The number of nitrogens with zero attached hydrogens (tertiary/aromatic N) is 1. The number of aliphatic carboxylic acids is 1. The van der Waals surface area contributed by atoms with Gasteiger partial charge in [-0.3, -0.25) is 4.79 Å². The molecule has 3 N–H and O–H groups in total. The van der Waals surface area contributed by atoms with Crippen molar-refractivity contribution in [3.63, 3.8) is 0 Å². The second kappa shape index (κ2) is 7.75. The first kappa shape index (κ1) is 16.3. The third-order valence-corrected chi connectivity index (χ3v) is 3.24. The van der Waals surface area contributed by atoms with Crippen LogP contribution in [0.3, 0.4) is 0 Å². The van der Waals surface area contributed by atoms with Crippen LogP contribution in [0.2, 0.25) is 0 Å². The summed E-state index contributed by atoms with van der Waals surface area (Å²) in [5.41, 5.74) is 7.50.